The molecule has 0 spiro atoms. The van der Waals surface area contributed by atoms with E-state index in [0.717, 1.165) is 9.47 Å². The van der Waals surface area contributed by atoms with E-state index in [-0.39, 0.29) is 50.9 Å². The zero-order chi connectivity index (χ0) is 29.6. The number of benzene rings is 2. The van der Waals surface area contributed by atoms with Crippen molar-refractivity contribution in [3.63, 3.8) is 0 Å². The van der Waals surface area contributed by atoms with Gasteiger partial charge in [0.25, 0.3) is 17.4 Å². The first-order valence-electron chi connectivity index (χ1n) is 12.6. The summed E-state index contributed by atoms with van der Waals surface area (Å²) < 4.78 is 1.13. The van der Waals surface area contributed by atoms with Gasteiger partial charge in [0.2, 0.25) is 5.78 Å². The molecule has 2 aromatic carbocycles. The van der Waals surface area contributed by atoms with Crippen LogP contribution in [-0.4, -0.2) is 32.1 Å². The van der Waals surface area contributed by atoms with Gasteiger partial charge in [0.05, 0.1) is 29.3 Å². The molecular formula is C30H22ClN5O5. The number of aromatic nitrogens is 3. The van der Waals surface area contributed by atoms with Gasteiger partial charge in [-0.1, -0.05) is 37.6 Å². The number of hydrogen-bond donors (Lipinski definition) is 1. The average Bonchev–Trinajstić information content (AvgIpc) is 3.18. The van der Waals surface area contributed by atoms with Crippen molar-refractivity contribution in [3.05, 3.63) is 125 Å². The van der Waals surface area contributed by atoms with Crippen LogP contribution in [0.15, 0.2) is 64.2 Å². The van der Waals surface area contributed by atoms with Crippen LogP contribution in [0.2, 0.25) is 5.02 Å². The summed E-state index contributed by atoms with van der Waals surface area (Å²) >= 11 is 6.14. The number of aryl methyl sites for hydroxylation is 1. The van der Waals surface area contributed by atoms with Crippen molar-refractivity contribution >= 4 is 35.0 Å². The van der Waals surface area contributed by atoms with Gasteiger partial charge in [0, 0.05) is 21.8 Å². The molecule has 2 amide bonds. The van der Waals surface area contributed by atoms with E-state index >= 15 is 0 Å². The molecule has 3 heterocycles. The summed E-state index contributed by atoms with van der Waals surface area (Å²) in [7, 11) is 0. The number of fused-ring (bicyclic) bond motifs is 1. The monoisotopic (exact) mass is 567 g/mol. The molecule has 10 nitrogen and oxygen atoms in total. The summed E-state index contributed by atoms with van der Waals surface area (Å²) in [5.41, 5.74) is -0.0159. The van der Waals surface area contributed by atoms with E-state index in [1.54, 1.807) is 51.1 Å². The number of ketones is 1. The molecule has 0 radical (unpaired) electrons. The highest BCUT2D eigenvalue weighted by Gasteiger charge is 2.37. The Balaban J connectivity index is 1.65. The Labute approximate surface area is 238 Å². The molecule has 0 aliphatic carbocycles. The molecule has 204 valence electrons. The number of hydrogen-bond acceptors (Lipinski definition) is 7. The van der Waals surface area contributed by atoms with Crippen molar-refractivity contribution in [2.45, 2.75) is 33.2 Å². The minimum Gasteiger partial charge on any atom is -0.287 e. The van der Waals surface area contributed by atoms with Crippen LogP contribution in [0.25, 0.3) is 0 Å². The van der Waals surface area contributed by atoms with Gasteiger partial charge < -0.3 is 0 Å². The lowest BCUT2D eigenvalue weighted by Crippen LogP contribution is -2.38. The highest BCUT2D eigenvalue weighted by atomic mass is 35.5. The van der Waals surface area contributed by atoms with Crippen LogP contribution < -0.4 is 16.1 Å². The number of amides is 2. The number of nitrogens with zero attached hydrogens (tertiary/aromatic N) is 4. The number of nitrogens with one attached hydrogen (secondary N) is 1. The molecule has 0 fully saturated rings. The molecule has 2 aromatic heterocycles. The van der Waals surface area contributed by atoms with E-state index < -0.39 is 34.8 Å². The van der Waals surface area contributed by atoms with Crippen LogP contribution in [-0.2, 0) is 6.54 Å². The number of rotatable bonds is 6. The van der Waals surface area contributed by atoms with Crippen LogP contribution in [0.5, 0.6) is 0 Å². The maximum Gasteiger partial charge on any atom is 0.329 e. The van der Waals surface area contributed by atoms with Crippen LogP contribution >= 0.6 is 11.6 Å². The molecule has 1 aliphatic rings. The topological polar surface area (TPSA) is 146 Å². The molecule has 1 N–H and O–H groups in total. The lowest BCUT2D eigenvalue weighted by molar-refractivity contribution is 0.0924. The van der Waals surface area contributed by atoms with Crippen molar-refractivity contribution < 1.29 is 14.4 Å². The van der Waals surface area contributed by atoms with Gasteiger partial charge in [0.1, 0.15) is 11.5 Å². The summed E-state index contributed by atoms with van der Waals surface area (Å²) in [6.07, 6.45) is 0. The van der Waals surface area contributed by atoms with E-state index in [2.05, 4.69) is 9.97 Å². The molecule has 0 bridgehead atoms. The SMILES string of the molecule is Cc1cc(Cn2c(C(=O)c3cc(Cl)cc(C#N)c3)c(C(C)C)c(=O)[nH]c2=O)cc(N2C(=O)c3ccccc3C2=O)n1. The maximum atomic E-state index is 13.9. The number of halogens is 1. The highest BCUT2D eigenvalue weighted by Crippen LogP contribution is 2.28. The average molecular weight is 568 g/mol. The Bertz CT molecular complexity index is 1920. The van der Waals surface area contributed by atoms with E-state index in [1.165, 1.54) is 24.3 Å². The number of aromatic amines is 1. The summed E-state index contributed by atoms with van der Waals surface area (Å²) in [6, 6.07) is 15.6. The molecule has 11 heteroatoms. The van der Waals surface area contributed by atoms with Gasteiger partial charge in [-0.25, -0.2) is 14.7 Å². The third-order valence-corrected chi connectivity index (χ3v) is 6.90. The second kappa shape index (κ2) is 10.4. The van der Waals surface area contributed by atoms with Crippen molar-refractivity contribution in [1.29, 1.82) is 5.26 Å². The van der Waals surface area contributed by atoms with Gasteiger partial charge in [-0.3, -0.25) is 28.7 Å². The van der Waals surface area contributed by atoms with Crippen molar-refractivity contribution in [2.75, 3.05) is 4.90 Å². The molecule has 5 rings (SSSR count). The van der Waals surface area contributed by atoms with E-state index in [1.807, 2.05) is 6.07 Å². The lowest BCUT2D eigenvalue weighted by Gasteiger charge is -2.19. The van der Waals surface area contributed by atoms with E-state index in [9.17, 15) is 29.2 Å². The Morgan fingerprint density at radius 3 is 2.29 bits per heavy atom. The van der Waals surface area contributed by atoms with Crippen molar-refractivity contribution in [1.82, 2.24) is 14.5 Å². The van der Waals surface area contributed by atoms with Crippen molar-refractivity contribution in [2.24, 2.45) is 0 Å². The summed E-state index contributed by atoms with van der Waals surface area (Å²) in [4.78, 5) is 73.7. The Morgan fingerprint density at radius 2 is 1.68 bits per heavy atom. The number of carbonyl (C=O) groups excluding carboxylic acids is 3. The number of nitriles is 1. The second-order valence-electron chi connectivity index (χ2n) is 9.90. The van der Waals surface area contributed by atoms with Crippen LogP contribution in [0.3, 0.4) is 0 Å². The standard InChI is InChI=1S/C30H22ClN5O5/c1-15(2)24-25(26(37)19-9-17(13-32)10-20(31)12-19)35(30(41)34-27(24)38)14-18-8-16(3)33-23(11-18)36-28(39)21-6-4-5-7-22(21)29(36)40/h4-12,15H,14H2,1-3H3,(H,34,38,41). The number of carbonyl (C=O) groups is 3. The fourth-order valence-corrected chi connectivity index (χ4v) is 5.18. The molecule has 1 aliphatic heterocycles. The van der Waals surface area contributed by atoms with E-state index in [4.69, 9.17) is 11.6 Å². The molecular weight excluding hydrogens is 546 g/mol. The maximum absolute atomic E-state index is 13.9. The number of H-pyrrole nitrogens is 1. The van der Waals surface area contributed by atoms with Crippen LogP contribution in [0.4, 0.5) is 5.82 Å². The predicted octanol–water partition coefficient (Wildman–Crippen LogP) is 3.97. The first-order valence-corrected chi connectivity index (χ1v) is 13.0. The molecule has 0 atom stereocenters. The Morgan fingerprint density at radius 1 is 1.02 bits per heavy atom. The first-order chi connectivity index (χ1) is 19.5. The van der Waals surface area contributed by atoms with Gasteiger partial charge in [-0.05, 0) is 60.9 Å². The zero-order valence-electron chi connectivity index (χ0n) is 22.2. The molecule has 41 heavy (non-hydrogen) atoms. The summed E-state index contributed by atoms with van der Waals surface area (Å²) in [6.45, 7) is 4.90. The Hall–Kier alpha value is -5.14. The number of anilines is 1. The smallest absolute Gasteiger partial charge is 0.287 e. The molecule has 0 saturated heterocycles. The number of pyridine rings is 1. The zero-order valence-corrected chi connectivity index (χ0v) is 22.9. The summed E-state index contributed by atoms with van der Waals surface area (Å²) in [5, 5.41) is 9.51. The van der Waals surface area contributed by atoms with Crippen LogP contribution in [0.1, 0.15) is 78.9 Å². The predicted molar refractivity (Wildman–Crippen MR) is 151 cm³/mol. The molecule has 0 unspecified atom stereocenters. The summed E-state index contributed by atoms with van der Waals surface area (Å²) in [5.74, 6) is -2.10. The van der Waals surface area contributed by atoms with Gasteiger partial charge in [0.15, 0.2) is 0 Å². The van der Waals surface area contributed by atoms with Crippen molar-refractivity contribution in [3.8, 4) is 6.07 Å². The molecule has 0 saturated carbocycles. The minimum atomic E-state index is -0.831. The quantitative estimate of drug-likeness (QED) is 0.274. The highest BCUT2D eigenvalue weighted by molar-refractivity contribution is 6.34. The second-order valence-corrected chi connectivity index (χ2v) is 10.3. The largest absolute Gasteiger partial charge is 0.329 e. The lowest BCUT2D eigenvalue weighted by atomic mass is 9.96. The third kappa shape index (κ3) is 4.88. The Kier molecular flexibility index (Phi) is 6.99. The van der Waals surface area contributed by atoms with Gasteiger partial charge in [-0.15, -0.1) is 0 Å². The fourth-order valence-electron chi connectivity index (χ4n) is 4.95. The first kappa shape index (κ1) is 27.4. The van der Waals surface area contributed by atoms with Gasteiger partial charge >= 0.3 is 5.69 Å². The normalized spacial score (nSPS) is 12.5. The molecule has 4 aromatic rings. The number of imide groups is 1. The third-order valence-electron chi connectivity index (χ3n) is 6.68. The van der Waals surface area contributed by atoms with Crippen LogP contribution in [0, 0.1) is 18.3 Å². The van der Waals surface area contributed by atoms with E-state index in [0.29, 0.717) is 11.3 Å². The van der Waals surface area contributed by atoms with Gasteiger partial charge in [-0.2, -0.15) is 5.26 Å². The fraction of sp³-hybridized carbons (Fsp3) is 0.167. The minimum absolute atomic E-state index is 0.0346.